The minimum Gasteiger partial charge on any atom is -0.356 e. The average Bonchev–Trinajstić information content (AvgIpc) is 3.47. The minimum absolute atomic E-state index is 0. The van der Waals surface area contributed by atoms with Crippen molar-refractivity contribution in [2.24, 2.45) is 16.8 Å². The third kappa shape index (κ3) is 6.32. The Hall–Kier alpha value is -0.870. The smallest absolute Gasteiger partial charge is 0.243 e. The van der Waals surface area contributed by atoms with Gasteiger partial charge in [-0.05, 0) is 55.2 Å². The van der Waals surface area contributed by atoms with Crippen LogP contribution in [-0.2, 0) is 16.6 Å². The molecule has 1 aliphatic carbocycles. The van der Waals surface area contributed by atoms with Crippen LogP contribution in [0.15, 0.2) is 34.2 Å². The van der Waals surface area contributed by atoms with Crippen molar-refractivity contribution in [2.75, 3.05) is 26.7 Å². The second kappa shape index (κ2) is 10.1. The maximum atomic E-state index is 12.8. The van der Waals surface area contributed by atoms with Gasteiger partial charge in [0.15, 0.2) is 5.96 Å². The summed E-state index contributed by atoms with van der Waals surface area (Å²) in [6.07, 6.45) is 4.65. The van der Waals surface area contributed by atoms with E-state index in [1.807, 2.05) is 12.1 Å². The summed E-state index contributed by atoms with van der Waals surface area (Å²) in [7, 11) is -1.62. The van der Waals surface area contributed by atoms with E-state index in [0.717, 1.165) is 36.8 Å². The Balaban J connectivity index is 0.00000261. The van der Waals surface area contributed by atoms with E-state index in [1.165, 1.54) is 12.8 Å². The second-order valence-electron chi connectivity index (χ2n) is 7.50. The average molecular weight is 506 g/mol. The van der Waals surface area contributed by atoms with Gasteiger partial charge in [0.1, 0.15) is 0 Å². The molecule has 27 heavy (non-hydrogen) atoms. The fraction of sp³-hybridized carbons (Fsp3) is 0.632. The van der Waals surface area contributed by atoms with Gasteiger partial charge in [0, 0.05) is 33.2 Å². The summed E-state index contributed by atoms with van der Waals surface area (Å²) in [4.78, 5) is 4.60. The van der Waals surface area contributed by atoms with Crippen LogP contribution in [-0.4, -0.2) is 45.4 Å². The maximum Gasteiger partial charge on any atom is 0.243 e. The third-order valence-corrected chi connectivity index (χ3v) is 7.00. The number of hydrogen-bond donors (Lipinski definition) is 2. The van der Waals surface area contributed by atoms with Crippen molar-refractivity contribution in [3.8, 4) is 0 Å². The molecule has 0 amide bonds. The molecule has 1 aromatic carbocycles. The number of sulfonamides is 1. The van der Waals surface area contributed by atoms with Crippen LogP contribution in [0.25, 0.3) is 0 Å². The van der Waals surface area contributed by atoms with E-state index in [9.17, 15) is 8.42 Å². The normalized spacial score (nSPS) is 21.4. The molecule has 1 unspecified atom stereocenters. The van der Waals surface area contributed by atoms with Crippen LogP contribution in [0.3, 0.4) is 0 Å². The lowest BCUT2D eigenvalue weighted by molar-refractivity contribution is 0.281. The van der Waals surface area contributed by atoms with Crippen LogP contribution in [0.4, 0.5) is 0 Å². The predicted octanol–water partition coefficient (Wildman–Crippen LogP) is 2.80. The molecular formula is C19H31IN4O2S. The van der Waals surface area contributed by atoms with Crippen LogP contribution in [0.5, 0.6) is 0 Å². The highest BCUT2D eigenvalue weighted by atomic mass is 127. The number of halogens is 1. The van der Waals surface area contributed by atoms with Crippen molar-refractivity contribution in [2.45, 2.75) is 44.0 Å². The molecule has 152 valence electrons. The first-order valence-corrected chi connectivity index (χ1v) is 11.0. The van der Waals surface area contributed by atoms with Crippen molar-refractivity contribution < 1.29 is 8.42 Å². The molecular weight excluding hydrogens is 475 g/mol. The van der Waals surface area contributed by atoms with Crippen molar-refractivity contribution in [3.05, 3.63) is 29.8 Å². The van der Waals surface area contributed by atoms with Crippen LogP contribution in [0.1, 0.15) is 38.2 Å². The lowest BCUT2D eigenvalue weighted by atomic mass is 10.0. The molecule has 2 aliphatic rings. The number of benzene rings is 1. The molecule has 3 rings (SSSR count). The molecule has 1 aromatic rings. The number of rotatable bonds is 6. The Morgan fingerprint density at radius 2 is 1.89 bits per heavy atom. The lowest BCUT2D eigenvalue weighted by Crippen LogP contribution is -2.39. The Morgan fingerprint density at radius 3 is 2.48 bits per heavy atom. The van der Waals surface area contributed by atoms with E-state index in [0.29, 0.717) is 30.4 Å². The summed E-state index contributed by atoms with van der Waals surface area (Å²) in [6, 6.07) is 7.18. The molecule has 1 heterocycles. The highest BCUT2D eigenvalue weighted by Gasteiger charge is 2.28. The van der Waals surface area contributed by atoms with Gasteiger partial charge in [-0.2, -0.15) is 4.31 Å². The molecule has 1 atom stereocenters. The zero-order valence-corrected chi connectivity index (χ0v) is 19.3. The third-order valence-electron chi connectivity index (χ3n) is 5.12. The summed E-state index contributed by atoms with van der Waals surface area (Å²) in [5.74, 6) is 2.00. The van der Waals surface area contributed by atoms with E-state index >= 15 is 0 Å². The topological polar surface area (TPSA) is 73.8 Å². The van der Waals surface area contributed by atoms with Gasteiger partial charge in [0.2, 0.25) is 10.0 Å². The monoisotopic (exact) mass is 506 g/mol. The van der Waals surface area contributed by atoms with E-state index in [4.69, 9.17) is 0 Å². The fourth-order valence-corrected chi connectivity index (χ4v) is 4.86. The molecule has 0 spiro atoms. The number of piperidine rings is 1. The summed E-state index contributed by atoms with van der Waals surface area (Å²) < 4.78 is 27.2. The summed E-state index contributed by atoms with van der Waals surface area (Å²) >= 11 is 0. The lowest BCUT2D eigenvalue weighted by Gasteiger charge is -2.30. The van der Waals surface area contributed by atoms with Gasteiger partial charge in [-0.3, -0.25) is 4.99 Å². The highest BCUT2D eigenvalue weighted by Crippen LogP contribution is 2.27. The number of aliphatic imine (C=N–C) groups is 1. The van der Waals surface area contributed by atoms with Crippen LogP contribution >= 0.6 is 24.0 Å². The predicted molar refractivity (Wildman–Crippen MR) is 120 cm³/mol. The first-order valence-electron chi connectivity index (χ1n) is 9.52. The van der Waals surface area contributed by atoms with Gasteiger partial charge in [0.05, 0.1) is 4.90 Å². The first-order chi connectivity index (χ1) is 12.5. The molecule has 0 bridgehead atoms. The van der Waals surface area contributed by atoms with Gasteiger partial charge in [-0.25, -0.2) is 8.42 Å². The van der Waals surface area contributed by atoms with Crippen molar-refractivity contribution in [1.29, 1.82) is 0 Å². The van der Waals surface area contributed by atoms with Gasteiger partial charge in [-0.1, -0.05) is 19.1 Å². The Morgan fingerprint density at radius 1 is 1.19 bits per heavy atom. The molecule has 0 aromatic heterocycles. The Kier molecular flexibility index (Phi) is 8.36. The van der Waals surface area contributed by atoms with Gasteiger partial charge < -0.3 is 10.6 Å². The standard InChI is InChI=1S/C19H30N4O2S.HI/c1-15-4-3-11-23(14-15)26(24,25)18-9-7-17(8-10-18)13-22-19(20-2)21-12-16-5-6-16;/h7-10,15-16H,3-6,11-14H2,1-2H3,(H2,20,21,22);1H. The number of hydrogen-bond acceptors (Lipinski definition) is 3. The summed E-state index contributed by atoms with van der Waals surface area (Å²) in [6.45, 7) is 4.94. The second-order valence-corrected chi connectivity index (χ2v) is 9.44. The molecule has 6 nitrogen and oxygen atoms in total. The van der Waals surface area contributed by atoms with Crippen molar-refractivity contribution in [3.63, 3.8) is 0 Å². The van der Waals surface area contributed by atoms with Gasteiger partial charge in [-0.15, -0.1) is 24.0 Å². The van der Waals surface area contributed by atoms with Gasteiger partial charge in [0.25, 0.3) is 0 Å². The molecule has 1 saturated heterocycles. The zero-order valence-electron chi connectivity index (χ0n) is 16.1. The van der Waals surface area contributed by atoms with Crippen LogP contribution < -0.4 is 10.6 Å². The summed E-state index contributed by atoms with van der Waals surface area (Å²) in [5.41, 5.74) is 1.03. The van der Waals surface area contributed by atoms with E-state index < -0.39 is 10.0 Å². The van der Waals surface area contributed by atoms with Crippen molar-refractivity contribution in [1.82, 2.24) is 14.9 Å². The number of guanidine groups is 1. The quantitative estimate of drug-likeness (QED) is 0.354. The van der Waals surface area contributed by atoms with Crippen molar-refractivity contribution >= 4 is 40.0 Å². The molecule has 2 fully saturated rings. The fourth-order valence-electron chi connectivity index (χ4n) is 3.26. The first kappa shape index (κ1) is 22.4. The van der Waals surface area contributed by atoms with E-state index in [-0.39, 0.29) is 24.0 Å². The Bertz CT molecular complexity index is 733. The number of nitrogens with zero attached hydrogens (tertiary/aromatic N) is 2. The largest absolute Gasteiger partial charge is 0.356 e. The molecule has 1 aliphatic heterocycles. The van der Waals surface area contributed by atoms with E-state index in [1.54, 1.807) is 23.5 Å². The molecule has 1 saturated carbocycles. The maximum absolute atomic E-state index is 12.8. The van der Waals surface area contributed by atoms with Crippen LogP contribution in [0, 0.1) is 11.8 Å². The highest BCUT2D eigenvalue weighted by molar-refractivity contribution is 14.0. The van der Waals surface area contributed by atoms with E-state index in [2.05, 4.69) is 22.5 Å². The number of nitrogens with one attached hydrogen (secondary N) is 2. The molecule has 8 heteroatoms. The summed E-state index contributed by atoms with van der Waals surface area (Å²) in [5, 5.41) is 6.60. The molecule has 2 N–H and O–H groups in total. The SMILES string of the molecule is CN=C(NCc1ccc(S(=O)(=O)N2CCCC(C)C2)cc1)NCC1CC1.I. The van der Waals surface area contributed by atoms with Crippen LogP contribution in [0.2, 0.25) is 0 Å². The minimum atomic E-state index is -3.38. The van der Waals surface area contributed by atoms with Gasteiger partial charge >= 0.3 is 0 Å². The molecule has 0 radical (unpaired) electrons. The Labute approximate surface area is 180 Å². The zero-order chi connectivity index (χ0) is 18.6.